The van der Waals surface area contributed by atoms with Crippen molar-refractivity contribution in [3.63, 3.8) is 0 Å². The Hall–Kier alpha value is -2.58. The van der Waals surface area contributed by atoms with Crippen LogP contribution in [0.2, 0.25) is 0 Å². The molecule has 0 fully saturated rings. The molecule has 1 aliphatic rings. The van der Waals surface area contributed by atoms with Crippen molar-refractivity contribution in [3.8, 4) is 18.1 Å². The summed E-state index contributed by atoms with van der Waals surface area (Å²) in [5, 5.41) is 0. The van der Waals surface area contributed by atoms with Crippen LogP contribution in [0.1, 0.15) is 5.56 Å². The molecule has 0 spiro atoms. The topological polar surface area (TPSA) is 21.7 Å². The van der Waals surface area contributed by atoms with Crippen LogP contribution in [-0.2, 0) is 4.74 Å². The summed E-state index contributed by atoms with van der Waals surface area (Å²) in [6, 6.07) is 7.08. The molecule has 0 unspecified atom stereocenters. The molecule has 3 nitrogen and oxygen atoms in total. The number of terminal acetylenes is 1. The van der Waals surface area contributed by atoms with Gasteiger partial charge >= 0.3 is 0 Å². The van der Waals surface area contributed by atoms with Crippen molar-refractivity contribution in [1.29, 1.82) is 0 Å². The molecule has 0 atom stereocenters. The summed E-state index contributed by atoms with van der Waals surface area (Å²) in [7, 11) is 1.53. The highest BCUT2D eigenvalue weighted by molar-refractivity contribution is 5.72. The van der Waals surface area contributed by atoms with Crippen molar-refractivity contribution in [3.05, 3.63) is 59.8 Å². The fraction of sp³-hybridized carbons (Fsp3) is 0.222. The van der Waals surface area contributed by atoms with Crippen LogP contribution in [0.25, 0.3) is 5.70 Å². The summed E-state index contributed by atoms with van der Waals surface area (Å²) < 4.78 is 35.9. The highest BCUT2D eigenvalue weighted by Crippen LogP contribution is 2.31. The molecule has 1 aliphatic heterocycles. The molecule has 0 radical (unpaired) electrons. The summed E-state index contributed by atoms with van der Waals surface area (Å²) in [4.78, 5) is 1.44. The SMILES string of the molecule is C#CC1=CC=C(c2ccc(OCOC)cc2)N(CC(F)F)C1=C. The lowest BCUT2D eigenvalue weighted by atomic mass is 10.0. The third-order valence-corrected chi connectivity index (χ3v) is 3.31. The van der Waals surface area contributed by atoms with Gasteiger partial charge in [-0.15, -0.1) is 6.42 Å². The third kappa shape index (κ3) is 3.99. The van der Waals surface area contributed by atoms with E-state index in [1.807, 2.05) is 0 Å². The summed E-state index contributed by atoms with van der Waals surface area (Å²) in [5.74, 6) is 3.09. The summed E-state index contributed by atoms with van der Waals surface area (Å²) >= 11 is 0. The molecular weight excluding hydrogens is 300 g/mol. The van der Waals surface area contributed by atoms with E-state index < -0.39 is 13.0 Å². The second-order valence-corrected chi connectivity index (χ2v) is 4.80. The van der Waals surface area contributed by atoms with Crippen molar-refractivity contribution in [2.24, 2.45) is 0 Å². The van der Waals surface area contributed by atoms with Crippen LogP contribution in [0.3, 0.4) is 0 Å². The largest absolute Gasteiger partial charge is 0.468 e. The maximum absolute atomic E-state index is 12.9. The van der Waals surface area contributed by atoms with Crippen molar-refractivity contribution in [1.82, 2.24) is 4.90 Å². The van der Waals surface area contributed by atoms with Crippen molar-refractivity contribution >= 4 is 5.70 Å². The van der Waals surface area contributed by atoms with Gasteiger partial charge in [0.2, 0.25) is 0 Å². The molecule has 0 bridgehead atoms. The molecule has 0 saturated carbocycles. The van der Waals surface area contributed by atoms with E-state index in [1.165, 1.54) is 12.0 Å². The van der Waals surface area contributed by atoms with Gasteiger partial charge in [-0.05, 0) is 42.0 Å². The number of hydrogen-bond donors (Lipinski definition) is 0. The van der Waals surface area contributed by atoms with Gasteiger partial charge in [0, 0.05) is 24.1 Å². The van der Waals surface area contributed by atoms with E-state index in [0.29, 0.717) is 22.7 Å². The Morgan fingerprint density at radius 1 is 1.26 bits per heavy atom. The Balaban J connectivity index is 2.30. The Morgan fingerprint density at radius 3 is 2.52 bits per heavy atom. The number of allylic oxidation sites excluding steroid dienone is 3. The lowest BCUT2D eigenvalue weighted by Crippen LogP contribution is -2.29. The number of benzene rings is 1. The van der Waals surface area contributed by atoms with Gasteiger partial charge in [0.1, 0.15) is 5.75 Å². The Morgan fingerprint density at radius 2 is 1.96 bits per heavy atom. The van der Waals surface area contributed by atoms with Gasteiger partial charge in [-0.1, -0.05) is 12.5 Å². The number of ether oxygens (including phenoxy) is 2. The van der Waals surface area contributed by atoms with Crippen molar-refractivity contribution < 1.29 is 18.3 Å². The smallest absolute Gasteiger partial charge is 0.256 e. The molecular formula is C18H17F2NO2. The second kappa shape index (κ2) is 7.61. The maximum atomic E-state index is 12.9. The van der Waals surface area contributed by atoms with Crippen molar-refractivity contribution in [2.75, 3.05) is 20.4 Å². The van der Waals surface area contributed by atoms with Crippen LogP contribution in [0.4, 0.5) is 8.78 Å². The monoisotopic (exact) mass is 317 g/mol. The zero-order valence-electron chi connectivity index (χ0n) is 12.8. The number of halogens is 2. The van der Waals surface area contributed by atoms with Crippen molar-refractivity contribution in [2.45, 2.75) is 6.43 Å². The minimum absolute atomic E-state index is 0.143. The lowest BCUT2D eigenvalue weighted by Gasteiger charge is -2.31. The average molecular weight is 317 g/mol. The minimum Gasteiger partial charge on any atom is -0.468 e. The molecule has 0 aliphatic carbocycles. The summed E-state index contributed by atoms with van der Waals surface area (Å²) in [6.07, 6.45) is 6.31. The predicted octanol–water partition coefficient (Wildman–Crippen LogP) is 3.66. The lowest BCUT2D eigenvalue weighted by molar-refractivity contribution is 0.0511. The number of alkyl halides is 2. The zero-order chi connectivity index (χ0) is 16.8. The molecule has 0 amide bonds. The van der Waals surface area contributed by atoms with E-state index in [4.69, 9.17) is 15.9 Å². The van der Waals surface area contributed by atoms with Crippen LogP contribution in [-0.4, -0.2) is 31.8 Å². The molecule has 5 heteroatoms. The van der Waals surface area contributed by atoms with Crippen LogP contribution < -0.4 is 4.74 Å². The van der Waals surface area contributed by atoms with Gasteiger partial charge in [0.05, 0.1) is 6.54 Å². The molecule has 2 rings (SSSR count). The first-order chi connectivity index (χ1) is 11.1. The highest BCUT2D eigenvalue weighted by atomic mass is 19.3. The second-order valence-electron chi connectivity index (χ2n) is 4.80. The third-order valence-electron chi connectivity index (χ3n) is 3.31. The maximum Gasteiger partial charge on any atom is 0.256 e. The van der Waals surface area contributed by atoms with Gasteiger partial charge < -0.3 is 14.4 Å². The first-order valence-corrected chi connectivity index (χ1v) is 6.92. The Kier molecular flexibility index (Phi) is 5.56. The van der Waals surface area contributed by atoms with E-state index in [0.717, 1.165) is 5.56 Å². The fourth-order valence-electron chi connectivity index (χ4n) is 2.22. The zero-order valence-corrected chi connectivity index (χ0v) is 12.8. The van der Waals surface area contributed by atoms with Crippen LogP contribution >= 0.6 is 0 Å². The van der Waals surface area contributed by atoms with Gasteiger partial charge in [-0.2, -0.15) is 0 Å². The molecule has 0 N–H and O–H groups in total. The molecule has 1 heterocycles. The Bertz CT molecular complexity index is 669. The van der Waals surface area contributed by atoms with E-state index in [2.05, 4.69) is 12.5 Å². The minimum atomic E-state index is -2.50. The van der Waals surface area contributed by atoms with Gasteiger partial charge in [0.15, 0.2) is 6.79 Å². The van der Waals surface area contributed by atoms with Gasteiger partial charge in [-0.3, -0.25) is 0 Å². The van der Waals surface area contributed by atoms with E-state index in [9.17, 15) is 8.78 Å². The van der Waals surface area contributed by atoms with E-state index in [1.54, 1.807) is 36.4 Å². The number of nitrogens with zero attached hydrogens (tertiary/aromatic N) is 1. The predicted molar refractivity (Wildman–Crippen MR) is 85.7 cm³/mol. The first kappa shape index (κ1) is 16.8. The van der Waals surface area contributed by atoms with E-state index >= 15 is 0 Å². The quantitative estimate of drug-likeness (QED) is 0.590. The standard InChI is InChI=1S/C18H17F2NO2/c1-4-14-7-10-17(21(13(14)2)11-18(19)20)15-5-8-16(9-6-15)23-12-22-3/h1,5-10,18H,2,11-12H2,3H3. The molecule has 120 valence electrons. The molecule has 0 aromatic heterocycles. The molecule has 1 aromatic rings. The normalized spacial score (nSPS) is 14.4. The molecule has 23 heavy (non-hydrogen) atoms. The van der Waals surface area contributed by atoms with E-state index in [-0.39, 0.29) is 6.79 Å². The first-order valence-electron chi connectivity index (χ1n) is 6.92. The summed E-state index contributed by atoms with van der Waals surface area (Å²) in [6.45, 7) is 3.51. The van der Waals surface area contributed by atoms with Crippen LogP contribution in [0, 0.1) is 12.3 Å². The molecule has 1 aromatic carbocycles. The van der Waals surface area contributed by atoms with Crippen LogP contribution in [0.15, 0.2) is 54.3 Å². The average Bonchev–Trinajstić information content (AvgIpc) is 2.55. The highest BCUT2D eigenvalue weighted by Gasteiger charge is 2.23. The summed E-state index contributed by atoms with van der Waals surface area (Å²) in [5.41, 5.74) is 2.27. The molecule has 0 saturated heterocycles. The van der Waals surface area contributed by atoms with Gasteiger partial charge in [0.25, 0.3) is 6.43 Å². The number of rotatable bonds is 6. The Labute approximate surface area is 134 Å². The fourth-order valence-corrected chi connectivity index (χ4v) is 2.22. The van der Waals surface area contributed by atoms with Gasteiger partial charge in [-0.25, -0.2) is 8.78 Å². The van der Waals surface area contributed by atoms with Crippen LogP contribution in [0.5, 0.6) is 5.75 Å². The number of methoxy groups -OCH3 is 1. The number of hydrogen-bond acceptors (Lipinski definition) is 3.